The highest BCUT2D eigenvalue weighted by atomic mass is 79.9. The van der Waals surface area contributed by atoms with Crippen molar-refractivity contribution in [3.63, 3.8) is 0 Å². The van der Waals surface area contributed by atoms with Gasteiger partial charge in [0.2, 0.25) is 5.91 Å². The Morgan fingerprint density at radius 3 is 1.96 bits per heavy atom. The molecule has 0 atom stereocenters. The topological polar surface area (TPSA) is 89.3 Å². The van der Waals surface area contributed by atoms with Gasteiger partial charge < -0.3 is 11.1 Å². The fraction of sp³-hybridized carbons (Fsp3) is 0.250. The van der Waals surface area contributed by atoms with Crippen LogP contribution in [-0.4, -0.2) is 17.5 Å². The van der Waals surface area contributed by atoms with Gasteiger partial charge in [-0.2, -0.15) is 0 Å². The van der Waals surface area contributed by atoms with Crippen molar-refractivity contribution in [2.45, 2.75) is 32.6 Å². The smallest absolute Gasteiger partial charge is 0.221 e. The number of ketones is 2. The van der Waals surface area contributed by atoms with Gasteiger partial charge in [-0.05, 0) is 80.1 Å². The maximum absolute atomic E-state index is 11.4. The van der Waals surface area contributed by atoms with Crippen LogP contribution in [-0.2, 0) is 17.6 Å². The zero-order valence-corrected chi connectivity index (χ0v) is 17.9. The highest BCUT2D eigenvalue weighted by molar-refractivity contribution is 9.11. The quantitative estimate of drug-likeness (QED) is 0.563. The largest absolute Gasteiger partial charge is 0.398 e. The van der Waals surface area contributed by atoms with Gasteiger partial charge in [0.15, 0.2) is 11.6 Å². The number of Topliss-reactive ketones (excluding diaryl/α,β-unsaturated/α-hetero) is 2. The minimum Gasteiger partial charge on any atom is -0.398 e. The minimum absolute atomic E-state index is 0.111. The van der Waals surface area contributed by atoms with E-state index in [2.05, 4.69) is 37.2 Å². The third-order valence-electron chi connectivity index (χ3n) is 4.63. The Bertz CT molecular complexity index is 970. The molecule has 0 bridgehead atoms. The van der Waals surface area contributed by atoms with Crippen LogP contribution < -0.4 is 11.1 Å². The zero-order chi connectivity index (χ0) is 19.7. The van der Waals surface area contributed by atoms with Crippen molar-refractivity contribution in [1.29, 1.82) is 0 Å². The second-order valence-corrected chi connectivity index (χ2v) is 8.06. The monoisotopic (exact) mass is 492 g/mol. The maximum atomic E-state index is 11.4. The standard InChI is InChI=1S/C11H10BrNO2.C9H8BrNO/c1-6(14)13-9-4-2-7-8(11(9)12)3-5-10(7)15;10-9-6-2-4-8(12)5(6)1-3-7(9)11/h2,4H,3,5H2,1H3,(H,13,14);1,3H,2,4,11H2. The number of nitrogens with two attached hydrogens (primary N) is 1. The van der Waals surface area contributed by atoms with Crippen molar-refractivity contribution in [3.8, 4) is 0 Å². The molecule has 1 amide bonds. The second kappa shape index (κ2) is 7.94. The van der Waals surface area contributed by atoms with Gasteiger partial charge in [0.25, 0.3) is 0 Å². The van der Waals surface area contributed by atoms with Gasteiger partial charge in [0.1, 0.15) is 0 Å². The number of nitrogens with one attached hydrogen (secondary N) is 1. The number of fused-ring (bicyclic) bond motifs is 2. The molecule has 5 nitrogen and oxygen atoms in total. The summed E-state index contributed by atoms with van der Waals surface area (Å²) >= 11 is 6.80. The Balaban J connectivity index is 0.000000159. The Labute approximate surface area is 174 Å². The lowest BCUT2D eigenvalue weighted by Crippen LogP contribution is -2.07. The van der Waals surface area contributed by atoms with Crippen LogP contribution in [0.5, 0.6) is 0 Å². The van der Waals surface area contributed by atoms with E-state index in [0.29, 0.717) is 18.5 Å². The molecule has 0 spiro atoms. The normalized spacial score (nSPS) is 14.3. The average molecular weight is 494 g/mol. The van der Waals surface area contributed by atoms with Crippen molar-refractivity contribution in [2.75, 3.05) is 11.1 Å². The van der Waals surface area contributed by atoms with Crippen molar-refractivity contribution in [3.05, 3.63) is 55.5 Å². The first-order chi connectivity index (χ1) is 12.8. The van der Waals surface area contributed by atoms with E-state index < -0.39 is 0 Å². The second-order valence-electron chi connectivity index (χ2n) is 6.48. The van der Waals surface area contributed by atoms with Crippen molar-refractivity contribution in [1.82, 2.24) is 0 Å². The molecule has 4 rings (SSSR count). The molecule has 0 radical (unpaired) electrons. The molecule has 2 aromatic carbocycles. The van der Waals surface area contributed by atoms with Gasteiger partial charge in [0.05, 0.1) is 5.69 Å². The summed E-state index contributed by atoms with van der Waals surface area (Å²) < 4.78 is 1.73. The van der Waals surface area contributed by atoms with Crippen molar-refractivity contribution >= 4 is 60.7 Å². The molecule has 0 fully saturated rings. The Morgan fingerprint density at radius 2 is 1.41 bits per heavy atom. The highest BCUT2D eigenvalue weighted by Crippen LogP contribution is 2.35. The van der Waals surface area contributed by atoms with Crippen LogP contribution in [0.2, 0.25) is 0 Å². The van der Waals surface area contributed by atoms with E-state index in [1.54, 1.807) is 18.2 Å². The molecule has 0 saturated carbocycles. The van der Waals surface area contributed by atoms with E-state index in [1.807, 2.05) is 6.07 Å². The summed E-state index contributed by atoms with van der Waals surface area (Å²) in [5, 5.41) is 2.72. The van der Waals surface area contributed by atoms with Gasteiger partial charge in [-0.1, -0.05) is 0 Å². The molecule has 2 aliphatic carbocycles. The summed E-state index contributed by atoms with van der Waals surface area (Å²) in [5.41, 5.74) is 10.8. The fourth-order valence-corrected chi connectivity index (χ4v) is 4.49. The Hall–Kier alpha value is -1.99. The number of carbonyl (C=O) groups excluding carboxylic acids is 3. The van der Waals surface area contributed by atoms with E-state index in [0.717, 1.165) is 49.7 Å². The first kappa shape index (κ1) is 19.8. The molecule has 0 saturated heterocycles. The third-order valence-corrected chi connectivity index (χ3v) is 6.47. The molecular formula is C20H18Br2N2O3. The van der Waals surface area contributed by atoms with Gasteiger partial charge in [-0.25, -0.2) is 0 Å². The van der Waals surface area contributed by atoms with Crippen molar-refractivity contribution < 1.29 is 14.4 Å². The lowest BCUT2D eigenvalue weighted by atomic mass is 10.1. The van der Waals surface area contributed by atoms with Crippen LogP contribution in [0, 0.1) is 0 Å². The van der Waals surface area contributed by atoms with Crippen molar-refractivity contribution in [2.24, 2.45) is 0 Å². The highest BCUT2D eigenvalue weighted by Gasteiger charge is 2.23. The molecule has 0 unspecified atom stereocenters. The summed E-state index contributed by atoms with van der Waals surface area (Å²) in [7, 11) is 0. The number of hydrogen-bond acceptors (Lipinski definition) is 4. The molecule has 2 aromatic rings. The van der Waals surface area contributed by atoms with Gasteiger partial charge in [-0.3, -0.25) is 14.4 Å². The molecule has 7 heteroatoms. The molecule has 3 N–H and O–H groups in total. The predicted molar refractivity (Wildman–Crippen MR) is 112 cm³/mol. The lowest BCUT2D eigenvalue weighted by molar-refractivity contribution is -0.114. The summed E-state index contributed by atoms with van der Waals surface area (Å²) in [6.45, 7) is 1.46. The number of anilines is 2. The van der Waals surface area contributed by atoms with Crippen LogP contribution in [0.3, 0.4) is 0 Å². The van der Waals surface area contributed by atoms with Crippen LogP contribution in [0.15, 0.2) is 33.2 Å². The summed E-state index contributed by atoms with van der Waals surface area (Å²) in [5.74, 6) is 0.297. The summed E-state index contributed by atoms with van der Waals surface area (Å²) in [4.78, 5) is 33.6. The molecule has 0 aliphatic heterocycles. The van der Waals surface area contributed by atoms with E-state index >= 15 is 0 Å². The molecular weight excluding hydrogens is 476 g/mol. The lowest BCUT2D eigenvalue weighted by Gasteiger charge is -2.08. The van der Waals surface area contributed by atoms with Crippen LogP contribution in [0.25, 0.3) is 0 Å². The number of carbonyl (C=O) groups is 3. The van der Waals surface area contributed by atoms with E-state index in [1.165, 1.54) is 6.92 Å². The van der Waals surface area contributed by atoms with Crippen LogP contribution in [0.4, 0.5) is 11.4 Å². The van der Waals surface area contributed by atoms with Crippen LogP contribution >= 0.6 is 31.9 Å². The zero-order valence-electron chi connectivity index (χ0n) is 14.7. The summed E-state index contributed by atoms with van der Waals surface area (Å²) in [6, 6.07) is 7.12. The van der Waals surface area contributed by atoms with E-state index in [4.69, 9.17) is 5.73 Å². The molecule has 2 aliphatic rings. The van der Waals surface area contributed by atoms with E-state index in [9.17, 15) is 14.4 Å². The number of rotatable bonds is 1. The number of hydrogen-bond donors (Lipinski definition) is 2. The Morgan fingerprint density at radius 1 is 0.889 bits per heavy atom. The third kappa shape index (κ3) is 3.99. The van der Waals surface area contributed by atoms with Gasteiger partial charge >= 0.3 is 0 Å². The Kier molecular flexibility index (Phi) is 5.81. The maximum Gasteiger partial charge on any atom is 0.221 e. The van der Waals surface area contributed by atoms with Gasteiger partial charge in [-0.15, -0.1) is 0 Å². The average Bonchev–Trinajstić information content (AvgIpc) is 3.18. The minimum atomic E-state index is -0.111. The number of halogens is 2. The van der Waals surface area contributed by atoms with E-state index in [-0.39, 0.29) is 17.5 Å². The molecule has 0 heterocycles. The predicted octanol–water partition coefficient (Wildman–Crippen LogP) is 4.70. The van der Waals surface area contributed by atoms with Gasteiger partial charge in [0, 0.05) is 45.5 Å². The molecule has 0 aromatic heterocycles. The molecule has 140 valence electrons. The fourth-order valence-electron chi connectivity index (χ4n) is 3.30. The number of benzene rings is 2. The first-order valence-electron chi connectivity index (χ1n) is 8.51. The SMILES string of the molecule is CC(=O)Nc1ccc2c(c1Br)CCC2=O.Nc1ccc2c(c1Br)CCC2=O. The first-order valence-corrected chi connectivity index (χ1v) is 10.1. The van der Waals surface area contributed by atoms with Crippen LogP contribution in [0.1, 0.15) is 51.6 Å². The number of amides is 1. The summed E-state index contributed by atoms with van der Waals surface area (Å²) in [6.07, 6.45) is 2.76. The molecule has 27 heavy (non-hydrogen) atoms. The number of nitrogen functional groups attached to an aromatic ring is 1.